The first-order chi connectivity index (χ1) is 6.72. The fourth-order valence-electron chi connectivity index (χ4n) is 1.51. The van der Waals surface area contributed by atoms with E-state index in [4.69, 9.17) is 4.74 Å². The lowest BCUT2D eigenvalue weighted by Gasteiger charge is -2.11. The second kappa shape index (κ2) is 3.71. The summed E-state index contributed by atoms with van der Waals surface area (Å²) in [6.07, 6.45) is 1.90. The van der Waals surface area contributed by atoms with Crippen molar-refractivity contribution in [2.24, 2.45) is 0 Å². The van der Waals surface area contributed by atoms with Gasteiger partial charge in [0.25, 0.3) is 0 Å². The standard InChI is InChI=1S/C10H11BrN2O/c1-6(14-2)8-3-7(11)4-10-9(8)5-12-13-10/h3-6H,1-2H3,(H,12,13). The fraction of sp³-hybridized carbons (Fsp3) is 0.300. The van der Waals surface area contributed by atoms with Crippen LogP contribution < -0.4 is 0 Å². The van der Waals surface area contributed by atoms with Gasteiger partial charge in [-0.05, 0) is 24.6 Å². The molecule has 0 spiro atoms. The van der Waals surface area contributed by atoms with E-state index in [2.05, 4.69) is 32.2 Å². The Morgan fingerprint density at radius 1 is 1.50 bits per heavy atom. The van der Waals surface area contributed by atoms with E-state index in [1.807, 2.05) is 19.2 Å². The number of halogens is 1. The largest absolute Gasteiger partial charge is 0.377 e. The minimum atomic E-state index is 0.0765. The molecule has 0 amide bonds. The van der Waals surface area contributed by atoms with Gasteiger partial charge < -0.3 is 4.74 Å². The third kappa shape index (κ3) is 1.55. The second-order valence-electron chi connectivity index (χ2n) is 3.20. The number of nitrogens with zero attached hydrogens (tertiary/aromatic N) is 1. The first kappa shape index (κ1) is 9.68. The van der Waals surface area contributed by atoms with Crippen molar-refractivity contribution >= 4 is 26.8 Å². The molecule has 14 heavy (non-hydrogen) atoms. The number of fused-ring (bicyclic) bond motifs is 1. The molecule has 0 radical (unpaired) electrons. The van der Waals surface area contributed by atoms with Gasteiger partial charge in [0, 0.05) is 17.0 Å². The van der Waals surface area contributed by atoms with Gasteiger partial charge in [0.1, 0.15) is 0 Å². The number of ether oxygens (including phenoxy) is 1. The molecule has 1 atom stereocenters. The average molecular weight is 255 g/mol. The molecule has 0 bridgehead atoms. The van der Waals surface area contributed by atoms with E-state index in [1.165, 1.54) is 0 Å². The molecule has 2 aromatic rings. The quantitative estimate of drug-likeness (QED) is 0.895. The van der Waals surface area contributed by atoms with Crippen LogP contribution in [0.4, 0.5) is 0 Å². The zero-order valence-electron chi connectivity index (χ0n) is 8.04. The number of benzene rings is 1. The van der Waals surface area contributed by atoms with Gasteiger partial charge in [0.15, 0.2) is 0 Å². The molecule has 1 unspecified atom stereocenters. The summed E-state index contributed by atoms with van der Waals surface area (Å²) in [5, 5.41) is 8.08. The van der Waals surface area contributed by atoms with Crippen molar-refractivity contribution in [1.82, 2.24) is 10.2 Å². The Labute approximate surface area is 90.6 Å². The Balaban J connectivity index is 2.66. The molecule has 1 aromatic carbocycles. The van der Waals surface area contributed by atoms with Gasteiger partial charge in [-0.15, -0.1) is 0 Å². The molecule has 3 nitrogen and oxygen atoms in total. The maximum Gasteiger partial charge on any atom is 0.0800 e. The van der Waals surface area contributed by atoms with Crippen molar-refractivity contribution in [2.45, 2.75) is 13.0 Å². The van der Waals surface area contributed by atoms with Gasteiger partial charge in [0.05, 0.1) is 17.8 Å². The van der Waals surface area contributed by atoms with Crippen molar-refractivity contribution in [3.63, 3.8) is 0 Å². The number of methoxy groups -OCH3 is 1. The summed E-state index contributed by atoms with van der Waals surface area (Å²) < 4.78 is 6.34. The number of nitrogens with one attached hydrogen (secondary N) is 1. The van der Waals surface area contributed by atoms with Crippen LogP contribution in [-0.4, -0.2) is 17.3 Å². The molecule has 2 rings (SSSR count). The van der Waals surface area contributed by atoms with Crippen molar-refractivity contribution < 1.29 is 4.74 Å². The molecule has 0 saturated heterocycles. The van der Waals surface area contributed by atoms with Crippen LogP contribution in [-0.2, 0) is 4.74 Å². The van der Waals surface area contributed by atoms with Crippen LogP contribution in [0.5, 0.6) is 0 Å². The van der Waals surface area contributed by atoms with E-state index in [1.54, 1.807) is 7.11 Å². The zero-order valence-corrected chi connectivity index (χ0v) is 9.63. The van der Waals surface area contributed by atoms with Crippen LogP contribution >= 0.6 is 15.9 Å². The van der Waals surface area contributed by atoms with Crippen LogP contribution in [0.2, 0.25) is 0 Å². The molecule has 0 aliphatic rings. The van der Waals surface area contributed by atoms with Crippen molar-refractivity contribution in [3.8, 4) is 0 Å². The highest BCUT2D eigenvalue weighted by Crippen LogP contribution is 2.28. The number of hydrogen-bond donors (Lipinski definition) is 1. The van der Waals surface area contributed by atoms with Crippen LogP contribution in [0.3, 0.4) is 0 Å². The highest BCUT2D eigenvalue weighted by Gasteiger charge is 2.10. The molecular weight excluding hydrogens is 244 g/mol. The van der Waals surface area contributed by atoms with Crippen molar-refractivity contribution in [3.05, 3.63) is 28.4 Å². The van der Waals surface area contributed by atoms with Gasteiger partial charge in [-0.2, -0.15) is 5.10 Å². The number of aromatic nitrogens is 2. The van der Waals surface area contributed by atoms with Gasteiger partial charge in [-0.3, -0.25) is 5.10 Å². The molecule has 0 aliphatic heterocycles. The highest BCUT2D eigenvalue weighted by molar-refractivity contribution is 9.10. The Morgan fingerprint density at radius 2 is 2.29 bits per heavy atom. The topological polar surface area (TPSA) is 37.9 Å². The van der Waals surface area contributed by atoms with Gasteiger partial charge in [-0.25, -0.2) is 0 Å². The fourth-order valence-corrected chi connectivity index (χ4v) is 1.98. The minimum absolute atomic E-state index is 0.0765. The number of aromatic amines is 1. The SMILES string of the molecule is COC(C)c1cc(Br)cc2[nH]ncc12. The normalized spacial score (nSPS) is 13.4. The molecule has 4 heteroatoms. The molecule has 1 N–H and O–H groups in total. The van der Waals surface area contributed by atoms with Crippen LogP contribution in [0.25, 0.3) is 10.9 Å². The van der Waals surface area contributed by atoms with E-state index < -0.39 is 0 Å². The lowest BCUT2D eigenvalue weighted by Crippen LogP contribution is -1.96. The second-order valence-corrected chi connectivity index (χ2v) is 4.12. The van der Waals surface area contributed by atoms with E-state index in [-0.39, 0.29) is 6.10 Å². The summed E-state index contributed by atoms with van der Waals surface area (Å²) in [4.78, 5) is 0. The minimum Gasteiger partial charge on any atom is -0.377 e. The lowest BCUT2D eigenvalue weighted by atomic mass is 10.1. The van der Waals surface area contributed by atoms with Gasteiger partial charge in [0.2, 0.25) is 0 Å². The molecule has 1 aromatic heterocycles. The van der Waals surface area contributed by atoms with Crippen molar-refractivity contribution in [1.29, 1.82) is 0 Å². The number of H-pyrrole nitrogens is 1. The molecule has 0 saturated carbocycles. The lowest BCUT2D eigenvalue weighted by molar-refractivity contribution is 0.120. The third-order valence-corrected chi connectivity index (χ3v) is 2.80. The Morgan fingerprint density at radius 3 is 3.00 bits per heavy atom. The Kier molecular flexibility index (Phi) is 2.56. The number of rotatable bonds is 2. The Hall–Kier alpha value is -0.870. The van der Waals surface area contributed by atoms with E-state index >= 15 is 0 Å². The smallest absolute Gasteiger partial charge is 0.0800 e. The first-order valence-corrected chi connectivity index (χ1v) is 5.17. The molecular formula is C10H11BrN2O. The third-order valence-electron chi connectivity index (χ3n) is 2.35. The summed E-state index contributed by atoms with van der Waals surface area (Å²) in [7, 11) is 1.71. The van der Waals surface area contributed by atoms with Crippen LogP contribution in [0.15, 0.2) is 22.8 Å². The molecule has 1 heterocycles. The molecule has 0 aliphatic carbocycles. The van der Waals surface area contributed by atoms with Gasteiger partial charge >= 0.3 is 0 Å². The van der Waals surface area contributed by atoms with Gasteiger partial charge in [-0.1, -0.05) is 15.9 Å². The summed E-state index contributed by atoms with van der Waals surface area (Å²) in [5.41, 5.74) is 2.17. The maximum absolute atomic E-state index is 5.31. The van der Waals surface area contributed by atoms with E-state index in [0.717, 1.165) is 20.9 Å². The monoisotopic (exact) mass is 254 g/mol. The summed E-state index contributed by atoms with van der Waals surface area (Å²) in [6.45, 7) is 2.02. The summed E-state index contributed by atoms with van der Waals surface area (Å²) in [5.74, 6) is 0. The molecule has 0 fully saturated rings. The van der Waals surface area contributed by atoms with Crippen molar-refractivity contribution in [2.75, 3.05) is 7.11 Å². The van der Waals surface area contributed by atoms with Crippen LogP contribution in [0, 0.1) is 0 Å². The first-order valence-electron chi connectivity index (χ1n) is 4.37. The highest BCUT2D eigenvalue weighted by atomic mass is 79.9. The van der Waals surface area contributed by atoms with E-state index in [0.29, 0.717) is 0 Å². The van der Waals surface area contributed by atoms with E-state index in [9.17, 15) is 0 Å². The predicted octanol–water partition coefficient (Wildman–Crippen LogP) is 3.03. The molecule has 74 valence electrons. The number of hydrogen-bond acceptors (Lipinski definition) is 2. The predicted molar refractivity (Wildman–Crippen MR) is 59.2 cm³/mol. The Bertz CT molecular complexity index is 452. The zero-order chi connectivity index (χ0) is 10.1. The maximum atomic E-state index is 5.31. The summed E-state index contributed by atoms with van der Waals surface area (Å²) in [6, 6.07) is 4.07. The van der Waals surface area contributed by atoms with Crippen LogP contribution in [0.1, 0.15) is 18.6 Å². The summed E-state index contributed by atoms with van der Waals surface area (Å²) >= 11 is 3.46. The average Bonchev–Trinajstić information content (AvgIpc) is 2.62.